The van der Waals surface area contributed by atoms with Gasteiger partial charge in [0.25, 0.3) is 5.56 Å². The Labute approximate surface area is 112 Å². The molecule has 1 aromatic rings. The van der Waals surface area contributed by atoms with Crippen LogP contribution in [0.4, 0.5) is 5.82 Å². The summed E-state index contributed by atoms with van der Waals surface area (Å²) in [6, 6.07) is 0. The van der Waals surface area contributed by atoms with Crippen LogP contribution in [0.15, 0.2) is 15.6 Å². The van der Waals surface area contributed by atoms with Crippen LogP contribution in [0.2, 0.25) is 0 Å². The average Bonchev–Trinajstić information content (AvgIpc) is 2.28. The fraction of sp³-hybridized carbons (Fsp3) is 0.600. The smallest absolute Gasteiger partial charge is 0.267 e. The number of halogens is 2. The van der Waals surface area contributed by atoms with E-state index in [4.69, 9.17) is 0 Å². The van der Waals surface area contributed by atoms with Crippen LogP contribution in [-0.4, -0.2) is 28.4 Å². The second-order valence-corrected chi connectivity index (χ2v) is 4.98. The number of nitrogens with zero attached hydrogens (tertiary/aromatic N) is 2. The van der Waals surface area contributed by atoms with Gasteiger partial charge in [-0.15, -0.1) is 0 Å². The number of alkyl halides is 1. The van der Waals surface area contributed by atoms with Crippen molar-refractivity contribution in [2.75, 3.05) is 23.3 Å². The number of rotatable bonds is 6. The first-order valence-corrected chi connectivity index (χ1v) is 7.16. The molecular formula is C10H15Br2N3O. The lowest BCUT2D eigenvalue weighted by atomic mass is 10.3. The molecule has 0 radical (unpaired) electrons. The molecule has 16 heavy (non-hydrogen) atoms. The van der Waals surface area contributed by atoms with Gasteiger partial charge in [-0.25, -0.2) is 4.98 Å². The zero-order valence-electron chi connectivity index (χ0n) is 9.17. The highest BCUT2D eigenvalue weighted by Crippen LogP contribution is 2.19. The summed E-state index contributed by atoms with van der Waals surface area (Å²) in [6.45, 7) is 3.90. The van der Waals surface area contributed by atoms with E-state index in [2.05, 4.69) is 53.7 Å². The summed E-state index contributed by atoms with van der Waals surface area (Å²) in [5.74, 6) is 0.719. The molecule has 1 rings (SSSR count). The summed E-state index contributed by atoms with van der Waals surface area (Å²) >= 11 is 6.69. The highest BCUT2D eigenvalue weighted by molar-refractivity contribution is 9.10. The Morgan fingerprint density at radius 1 is 1.50 bits per heavy atom. The van der Waals surface area contributed by atoms with E-state index >= 15 is 0 Å². The molecule has 0 aromatic carbocycles. The van der Waals surface area contributed by atoms with E-state index in [-0.39, 0.29) is 5.56 Å². The largest absolute Gasteiger partial charge is 0.355 e. The average molecular weight is 353 g/mol. The number of H-pyrrole nitrogens is 1. The molecule has 1 aromatic heterocycles. The van der Waals surface area contributed by atoms with Gasteiger partial charge < -0.3 is 9.88 Å². The standard InChI is InChI=1S/C10H15Br2N3O/c1-2-3-5-15(6-4-11)9-8(12)10(16)14-7-13-9/h7H,2-6H2,1H3,(H,13,14,16). The normalized spacial score (nSPS) is 10.4. The molecule has 0 spiro atoms. The molecular weight excluding hydrogens is 338 g/mol. The second-order valence-electron chi connectivity index (χ2n) is 3.40. The Morgan fingerprint density at radius 2 is 2.25 bits per heavy atom. The van der Waals surface area contributed by atoms with Gasteiger partial charge >= 0.3 is 0 Å². The van der Waals surface area contributed by atoms with Gasteiger partial charge in [-0.3, -0.25) is 4.79 Å². The first-order valence-electron chi connectivity index (χ1n) is 5.24. The maximum Gasteiger partial charge on any atom is 0.267 e. The molecule has 0 aliphatic rings. The Morgan fingerprint density at radius 3 is 2.88 bits per heavy atom. The van der Waals surface area contributed by atoms with Crippen LogP contribution in [0, 0.1) is 0 Å². The predicted octanol–water partition coefficient (Wildman–Crippen LogP) is 2.53. The lowest BCUT2D eigenvalue weighted by molar-refractivity contribution is 0.723. The van der Waals surface area contributed by atoms with Crippen LogP contribution in [-0.2, 0) is 0 Å². The van der Waals surface area contributed by atoms with Crippen molar-refractivity contribution in [2.24, 2.45) is 0 Å². The molecule has 4 nitrogen and oxygen atoms in total. The minimum atomic E-state index is -0.138. The van der Waals surface area contributed by atoms with Crippen LogP contribution in [0.25, 0.3) is 0 Å². The van der Waals surface area contributed by atoms with Crippen LogP contribution in [0.5, 0.6) is 0 Å². The predicted molar refractivity (Wildman–Crippen MR) is 73.5 cm³/mol. The van der Waals surface area contributed by atoms with Gasteiger partial charge in [0.1, 0.15) is 10.3 Å². The fourth-order valence-corrected chi connectivity index (χ4v) is 2.26. The fourth-order valence-electron chi connectivity index (χ4n) is 1.37. The third-order valence-electron chi connectivity index (χ3n) is 2.21. The van der Waals surface area contributed by atoms with Crippen LogP contribution in [0.1, 0.15) is 19.8 Å². The number of hydrogen-bond donors (Lipinski definition) is 1. The van der Waals surface area contributed by atoms with E-state index < -0.39 is 0 Å². The van der Waals surface area contributed by atoms with Crippen molar-refractivity contribution < 1.29 is 0 Å². The van der Waals surface area contributed by atoms with Crippen molar-refractivity contribution >= 4 is 37.7 Å². The van der Waals surface area contributed by atoms with Crippen molar-refractivity contribution in [1.82, 2.24) is 9.97 Å². The lowest BCUT2D eigenvalue weighted by Gasteiger charge is -2.23. The Hall–Kier alpha value is -0.360. The van der Waals surface area contributed by atoms with Crippen LogP contribution >= 0.6 is 31.9 Å². The maximum absolute atomic E-state index is 11.4. The summed E-state index contributed by atoms with van der Waals surface area (Å²) in [4.78, 5) is 20.3. The minimum absolute atomic E-state index is 0.138. The highest BCUT2D eigenvalue weighted by atomic mass is 79.9. The van der Waals surface area contributed by atoms with Gasteiger partial charge in [0.2, 0.25) is 0 Å². The minimum Gasteiger partial charge on any atom is -0.355 e. The molecule has 0 amide bonds. The molecule has 0 saturated carbocycles. The highest BCUT2D eigenvalue weighted by Gasteiger charge is 2.12. The van der Waals surface area contributed by atoms with E-state index in [0.717, 1.165) is 37.1 Å². The molecule has 1 N–H and O–H groups in total. The van der Waals surface area contributed by atoms with Gasteiger partial charge in [-0.1, -0.05) is 29.3 Å². The number of aromatic nitrogens is 2. The van der Waals surface area contributed by atoms with E-state index in [1.165, 1.54) is 6.33 Å². The topological polar surface area (TPSA) is 49.0 Å². The number of aromatic amines is 1. The Balaban J connectivity index is 2.91. The van der Waals surface area contributed by atoms with Crippen molar-refractivity contribution in [2.45, 2.75) is 19.8 Å². The second kappa shape index (κ2) is 7.06. The van der Waals surface area contributed by atoms with E-state index in [9.17, 15) is 4.79 Å². The molecule has 0 unspecified atom stereocenters. The summed E-state index contributed by atoms with van der Waals surface area (Å²) in [6.07, 6.45) is 3.66. The summed E-state index contributed by atoms with van der Waals surface area (Å²) in [7, 11) is 0. The van der Waals surface area contributed by atoms with Crippen molar-refractivity contribution in [3.63, 3.8) is 0 Å². The molecule has 6 heteroatoms. The first kappa shape index (κ1) is 13.7. The third kappa shape index (κ3) is 3.59. The van der Waals surface area contributed by atoms with E-state index in [0.29, 0.717) is 4.47 Å². The van der Waals surface area contributed by atoms with E-state index in [1.54, 1.807) is 0 Å². The maximum atomic E-state index is 11.4. The number of hydrogen-bond acceptors (Lipinski definition) is 3. The molecule has 0 aliphatic heterocycles. The Bertz CT molecular complexity index is 381. The van der Waals surface area contributed by atoms with Gasteiger partial charge in [0.05, 0.1) is 6.33 Å². The number of nitrogens with one attached hydrogen (secondary N) is 1. The van der Waals surface area contributed by atoms with Crippen molar-refractivity contribution in [3.05, 3.63) is 21.2 Å². The van der Waals surface area contributed by atoms with Gasteiger partial charge in [-0.05, 0) is 22.4 Å². The summed E-state index contributed by atoms with van der Waals surface area (Å²) in [5.41, 5.74) is -0.138. The number of unbranched alkanes of at least 4 members (excludes halogenated alkanes) is 1. The molecule has 0 fully saturated rings. The quantitative estimate of drug-likeness (QED) is 0.800. The monoisotopic (exact) mass is 351 g/mol. The van der Waals surface area contributed by atoms with Gasteiger partial charge in [0, 0.05) is 18.4 Å². The van der Waals surface area contributed by atoms with E-state index in [1.807, 2.05) is 0 Å². The molecule has 0 aliphatic carbocycles. The zero-order chi connectivity index (χ0) is 12.0. The summed E-state index contributed by atoms with van der Waals surface area (Å²) < 4.78 is 0.507. The van der Waals surface area contributed by atoms with Gasteiger partial charge in [0.15, 0.2) is 0 Å². The van der Waals surface area contributed by atoms with Crippen LogP contribution in [0.3, 0.4) is 0 Å². The number of anilines is 1. The lowest BCUT2D eigenvalue weighted by Crippen LogP contribution is -2.29. The molecule has 0 bridgehead atoms. The van der Waals surface area contributed by atoms with Gasteiger partial charge in [-0.2, -0.15) is 0 Å². The van der Waals surface area contributed by atoms with Crippen LogP contribution < -0.4 is 10.5 Å². The Kier molecular flexibility index (Phi) is 6.05. The molecule has 0 saturated heterocycles. The molecule has 90 valence electrons. The SMILES string of the molecule is CCCCN(CCBr)c1nc[nH]c(=O)c1Br. The summed E-state index contributed by atoms with van der Waals surface area (Å²) in [5, 5.41) is 0.859. The molecule has 1 heterocycles. The third-order valence-corrected chi connectivity index (χ3v) is 3.28. The molecule has 0 atom stereocenters. The first-order chi connectivity index (χ1) is 7.70. The van der Waals surface area contributed by atoms with Crippen molar-refractivity contribution in [1.29, 1.82) is 0 Å². The zero-order valence-corrected chi connectivity index (χ0v) is 12.3. The van der Waals surface area contributed by atoms with Crippen molar-refractivity contribution in [3.8, 4) is 0 Å².